The van der Waals surface area contributed by atoms with Crippen LogP contribution in [0.15, 0.2) is 41.3 Å². The topological polar surface area (TPSA) is 84.0 Å². The molecule has 142 valence electrons. The molecular formula is C19H20N2O5S. The number of rotatable bonds is 4. The van der Waals surface area contributed by atoms with Crippen molar-refractivity contribution in [3.05, 3.63) is 36.4 Å². The van der Waals surface area contributed by atoms with Gasteiger partial charge < -0.3 is 9.64 Å². The molecule has 0 radical (unpaired) electrons. The summed E-state index contributed by atoms with van der Waals surface area (Å²) in [5.41, 5.74) is 0.457. The summed E-state index contributed by atoms with van der Waals surface area (Å²) in [5.74, 6) is -0.987. The summed E-state index contributed by atoms with van der Waals surface area (Å²) in [6.45, 7) is 2.39. The van der Waals surface area contributed by atoms with Crippen molar-refractivity contribution < 1.29 is 22.7 Å². The fourth-order valence-corrected chi connectivity index (χ4v) is 5.38. The third-order valence-corrected chi connectivity index (χ3v) is 6.83. The zero-order chi connectivity index (χ0) is 19.2. The number of hydrogen-bond acceptors (Lipinski definition) is 5. The van der Waals surface area contributed by atoms with E-state index >= 15 is 0 Å². The van der Waals surface area contributed by atoms with Gasteiger partial charge >= 0.3 is 5.97 Å². The van der Waals surface area contributed by atoms with Gasteiger partial charge in [0, 0.05) is 18.5 Å². The number of anilines is 1. The van der Waals surface area contributed by atoms with Gasteiger partial charge in [-0.2, -0.15) is 0 Å². The Morgan fingerprint density at radius 3 is 2.48 bits per heavy atom. The summed E-state index contributed by atoms with van der Waals surface area (Å²) in [7, 11) is -3.83. The third kappa shape index (κ3) is 2.93. The molecule has 0 N–H and O–H groups in total. The van der Waals surface area contributed by atoms with E-state index in [4.69, 9.17) is 4.74 Å². The highest BCUT2D eigenvalue weighted by Crippen LogP contribution is 2.41. The minimum absolute atomic E-state index is 0.185. The zero-order valence-electron chi connectivity index (χ0n) is 14.9. The lowest BCUT2D eigenvalue weighted by molar-refractivity contribution is -0.157. The first-order chi connectivity index (χ1) is 12.9. The normalized spacial score (nSPS) is 18.7. The van der Waals surface area contributed by atoms with Gasteiger partial charge in [-0.05, 0) is 37.3 Å². The number of ether oxygens (including phenoxy) is 1. The molecule has 0 bridgehead atoms. The number of likely N-dealkylation sites (tertiary alicyclic amines) is 1. The van der Waals surface area contributed by atoms with Crippen LogP contribution in [0.4, 0.5) is 5.69 Å². The van der Waals surface area contributed by atoms with Gasteiger partial charge in [0.1, 0.15) is 6.54 Å². The molecule has 0 unspecified atom stereocenters. The molecule has 8 heteroatoms. The summed E-state index contributed by atoms with van der Waals surface area (Å²) < 4.78 is 32.0. The Morgan fingerprint density at radius 2 is 1.78 bits per heavy atom. The second-order valence-corrected chi connectivity index (χ2v) is 8.64. The smallest absolute Gasteiger partial charge is 0.327 e. The highest BCUT2D eigenvalue weighted by Gasteiger charge is 2.37. The number of nitrogens with zero attached hydrogens (tertiary/aromatic N) is 2. The highest BCUT2D eigenvalue weighted by atomic mass is 32.2. The molecule has 2 heterocycles. The molecular weight excluding hydrogens is 368 g/mol. The van der Waals surface area contributed by atoms with Crippen molar-refractivity contribution in [1.29, 1.82) is 0 Å². The van der Waals surface area contributed by atoms with Crippen molar-refractivity contribution in [2.75, 3.05) is 23.9 Å². The number of benzene rings is 2. The molecule has 0 aromatic heterocycles. The number of sulfonamides is 1. The van der Waals surface area contributed by atoms with Crippen LogP contribution < -0.4 is 4.31 Å². The van der Waals surface area contributed by atoms with E-state index in [1.54, 1.807) is 23.1 Å². The zero-order valence-corrected chi connectivity index (χ0v) is 15.7. The molecule has 0 saturated carbocycles. The predicted molar refractivity (Wildman–Crippen MR) is 99.8 cm³/mol. The maximum absolute atomic E-state index is 12.9. The molecule has 7 nitrogen and oxygen atoms in total. The molecule has 2 aromatic carbocycles. The first-order valence-electron chi connectivity index (χ1n) is 8.92. The van der Waals surface area contributed by atoms with Gasteiger partial charge in [0.2, 0.25) is 0 Å². The molecule has 1 atom stereocenters. The highest BCUT2D eigenvalue weighted by molar-refractivity contribution is 7.93. The van der Waals surface area contributed by atoms with Gasteiger partial charge in [-0.1, -0.05) is 24.3 Å². The fraction of sp³-hybridized carbons (Fsp3) is 0.368. The number of amides is 1. The van der Waals surface area contributed by atoms with Crippen molar-refractivity contribution in [1.82, 2.24) is 4.90 Å². The van der Waals surface area contributed by atoms with Crippen LogP contribution in [0, 0.1) is 0 Å². The van der Waals surface area contributed by atoms with Gasteiger partial charge in [0.25, 0.3) is 15.9 Å². The minimum Gasteiger partial charge on any atom is -0.451 e. The van der Waals surface area contributed by atoms with Crippen molar-refractivity contribution in [3.63, 3.8) is 0 Å². The Balaban J connectivity index is 1.54. The van der Waals surface area contributed by atoms with E-state index in [-0.39, 0.29) is 10.8 Å². The fourth-order valence-electron chi connectivity index (χ4n) is 3.73. The number of carbonyl (C=O) groups excluding carboxylic acids is 2. The molecule has 2 aliphatic heterocycles. The largest absolute Gasteiger partial charge is 0.451 e. The summed E-state index contributed by atoms with van der Waals surface area (Å²) in [5, 5.41) is 1.40. The van der Waals surface area contributed by atoms with Gasteiger partial charge in [-0.25, -0.2) is 8.42 Å². The predicted octanol–water partition coefficient (Wildman–Crippen LogP) is 1.90. The molecule has 1 saturated heterocycles. The van der Waals surface area contributed by atoms with Gasteiger partial charge in [0.05, 0.1) is 10.6 Å². The van der Waals surface area contributed by atoms with Crippen LogP contribution in [0.2, 0.25) is 0 Å². The Labute approximate surface area is 157 Å². The summed E-state index contributed by atoms with van der Waals surface area (Å²) in [4.78, 5) is 26.5. The monoisotopic (exact) mass is 388 g/mol. The van der Waals surface area contributed by atoms with E-state index in [1.165, 1.54) is 13.0 Å². The van der Waals surface area contributed by atoms with E-state index in [1.807, 2.05) is 12.1 Å². The molecule has 2 aliphatic rings. The van der Waals surface area contributed by atoms with Crippen molar-refractivity contribution in [2.45, 2.75) is 30.8 Å². The lowest BCUT2D eigenvalue weighted by Crippen LogP contribution is -2.40. The SMILES string of the molecule is C[C@@H](OC(=O)CN1c2cccc3cccc(c23)S1(=O)=O)C(=O)N1CCCC1. The molecule has 4 rings (SSSR count). The Kier molecular flexibility index (Phi) is 4.30. The summed E-state index contributed by atoms with van der Waals surface area (Å²) in [6, 6.07) is 10.3. The minimum atomic E-state index is -3.83. The Bertz CT molecular complexity index is 1020. The number of esters is 1. The standard InChI is InChI=1S/C19H20N2O5S/c1-13(19(23)20-10-2-3-11-20)26-17(22)12-21-15-8-4-6-14-7-5-9-16(18(14)15)27(21,24)25/h4-9,13H,2-3,10-12H2,1H3/t13-/m1/s1. The Hall–Kier alpha value is -2.61. The molecule has 0 spiro atoms. The average molecular weight is 388 g/mol. The van der Waals surface area contributed by atoms with Gasteiger partial charge in [0.15, 0.2) is 6.10 Å². The quantitative estimate of drug-likeness (QED) is 0.747. The van der Waals surface area contributed by atoms with E-state index in [9.17, 15) is 18.0 Å². The third-order valence-electron chi connectivity index (χ3n) is 5.03. The second-order valence-electron chi connectivity index (χ2n) is 6.81. The van der Waals surface area contributed by atoms with Crippen molar-refractivity contribution >= 4 is 38.4 Å². The van der Waals surface area contributed by atoms with E-state index in [2.05, 4.69) is 0 Å². The van der Waals surface area contributed by atoms with Crippen LogP contribution in [-0.2, 0) is 24.3 Å². The summed E-state index contributed by atoms with van der Waals surface area (Å²) in [6.07, 6.45) is 0.959. The van der Waals surface area contributed by atoms with Crippen LogP contribution in [0.5, 0.6) is 0 Å². The molecule has 1 fully saturated rings. The van der Waals surface area contributed by atoms with E-state index in [0.29, 0.717) is 24.2 Å². The lowest BCUT2D eigenvalue weighted by Gasteiger charge is -2.22. The molecule has 27 heavy (non-hydrogen) atoms. The van der Waals surface area contributed by atoms with E-state index in [0.717, 1.165) is 22.5 Å². The Morgan fingerprint density at radius 1 is 1.11 bits per heavy atom. The first kappa shape index (κ1) is 17.8. The maximum atomic E-state index is 12.9. The molecule has 2 aromatic rings. The second kappa shape index (κ2) is 6.53. The van der Waals surface area contributed by atoms with Gasteiger partial charge in [-0.3, -0.25) is 13.9 Å². The average Bonchev–Trinajstić information content (AvgIpc) is 3.25. The number of hydrogen-bond donors (Lipinski definition) is 0. The first-order valence-corrected chi connectivity index (χ1v) is 10.4. The maximum Gasteiger partial charge on any atom is 0.327 e. The summed E-state index contributed by atoms with van der Waals surface area (Å²) >= 11 is 0. The van der Waals surface area contributed by atoms with Crippen LogP contribution in [0.1, 0.15) is 19.8 Å². The van der Waals surface area contributed by atoms with Gasteiger partial charge in [-0.15, -0.1) is 0 Å². The van der Waals surface area contributed by atoms with Crippen LogP contribution in [-0.4, -0.2) is 50.9 Å². The number of carbonyl (C=O) groups is 2. The van der Waals surface area contributed by atoms with Crippen molar-refractivity contribution in [2.24, 2.45) is 0 Å². The molecule has 1 amide bonds. The molecule has 0 aliphatic carbocycles. The van der Waals surface area contributed by atoms with Crippen LogP contribution >= 0.6 is 0 Å². The lowest BCUT2D eigenvalue weighted by atomic mass is 10.1. The van der Waals surface area contributed by atoms with Crippen LogP contribution in [0.3, 0.4) is 0 Å². The van der Waals surface area contributed by atoms with E-state index < -0.39 is 28.6 Å². The van der Waals surface area contributed by atoms with Crippen LogP contribution in [0.25, 0.3) is 10.8 Å². The van der Waals surface area contributed by atoms with Crippen molar-refractivity contribution in [3.8, 4) is 0 Å².